The first-order valence-electron chi connectivity index (χ1n) is 4.36. The van der Waals surface area contributed by atoms with E-state index in [1.54, 1.807) is 12.1 Å². The Hall–Kier alpha value is -2.17. The predicted molar refractivity (Wildman–Crippen MR) is 54.2 cm³/mol. The van der Waals surface area contributed by atoms with Gasteiger partial charge >= 0.3 is 11.7 Å². The van der Waals surface area contributed by atoms with Crippen molar-refractivity contribution in [1.82, 2.24) is 14.5 Å². The van der Waals surface area contributed by atoms with Crippen LogP contribution in [0.4, 0.5) is 0 Å². The fourth-order valence-electron chi connectivity index (χ4n) is 1.19. The number of nitrogens with zero attached hydrogens (tertiary/aromatic N) is 3. The van der Waals surface area contributed by atoms with Gasteiger partial charge in [0.25, 0.3) is 0 Å². The van der Waals surface area contributed by atoms with Crippen molar-refractivity contribution in [1.29, 1.82) is 0 Å². The van der Waals surface area contributed by atoms with Gasteiger partial charge in [0.05, 0.1) is 12.8 Å². The molecule has 0 saturated heterocycles. The molecule has 0 saturated carbocycles. The number of hydrogen-bond donors (Lipinski definition) is 0. The van der Waals surface area contributed by atoms with Gasteiger partial charge in [0.2, 0.25) is 0 Å². The highest BCUT2D eigenvalue weighted by atomic mass is 16.5. The zero-order valence-electron chi connectivity index (χ0n) is 8.12. The van der Waals surface area contributed by atoms with Crippen LogP contribution in [0.3, 0.4) is 0 Å². The normalized spacial score (nSPS) is 9.93. The van der Waals surface area contributed by atoms with Crippen LogP contribution in [0.15, 0.2) is 41.5 Å². The van der Waals surface area contributed by atoms with Gasteiger partial charge in [-0.3, -0.25) is 4.57 Å². The number of ether oxygens (including phenoxy) is 1. The van der Waals surface area contributed by atoms with Gasteiger partial charge in [-0.1, -0.05) is 18.2 Å². The van der Waals surface area contributed by atoms with Crippen molar-refractivity contribution in [3.8, 4) is 11.7 Å². The van der Waals surface area contributed by atoms with Crippen molar-refractivity contribution in [2.45, 2.75) is 0 Å². The van der Waals surface area contributed by atoms with Crippen LogP contribution in [-0.2, 0) is 0 Å². The summed E-state index contributed by atoms with van der Waals surface area (Å²) in [4.78, 5) is 19.0. The molecule has 0 bridgehead atoms. The summed E-state index contributed by atoms with van der Waals surface area (Å²) in [5, 5.41) is 0. The van der Waals surface area contributed by atoms with E-state index in [1.165, 1.54) is 18.0 Å². The van der Waals surface area contributed by atoms with E-state index in [2.05, 4.69) is 9.97 Å². The molecule has 0 aliphatic carbocycles. The Kier molecular flexibility index (Phi) is 2.45. The van der Waals surface area contributed by atoms with Crippen LogP contribution in [-0.4, -0.2) is 21.6 Å². The standard InChI is InChI=1S/C10H9N3O2/c1-15-9-11-7-13(10(14)12-9)8-5-3-2-4-6-8/h2-7H,1H3. The molecule has 2 aromatic rings. The lowest BCUT2D eigenvalue weighted by Crippen LogP contribution is -2.22. The Balaban J connectivity index is 2.51. The number of methoxy groups -OCH3 is 1. The van der Waals surface area contributed by atoms with Gasteiger partial charge in [-0.2, -0.15) is 4.98 Å². The van der Waals surface area contributed by atoms with Crippen LogP contribution in [0.2, 0.25) is 0 Å². The van der Waals surface area contributed by atoms with Crippen LogP contribution in [0.1, 0.15) is 0 Å². The minimum atomic E-state index is -0.409. The maximum absolute atomic E-state index is 11.5. The van der Waals surface area contributed by atoms with Crippen molar-refractivity contribution in [2.24, 2.45) is 0 Å². The molecule has 0 fully saturated rings. The highest BCUT2D eigenvalue weighted by Crippen LogP contribution is 2.03. The summed E-state index contributed by atoms with van der Waals surface area (Å²) in [5.41, 5.74) is 0.318. The summed E-state index contributed by atoms with van der Waals surface area (Å²) in [6, 6.07) is 9.23. The Morgan fingerprint density at radius 1 is 1.27 bits per heavy atom. The van der Waals surface area contributed by atoms with E-state index in [1.807, 2.05) is 18.2 Å². The molecule has 1 aromatic heterocycles. The average molecular weight is 203 g/mol. The molecule has 15 heavy (non-hydrogen) atoms. The Labute approximate surface area is 86.0 Å². The summed E-state index contributed by atoms with van der Waals surface area (Å²) >= 11 is 0. The largest absolute Gasteiger partial charge is 0.467 e. The Morgan fingerprint density at radius 3 is 2.60 bits per heavy atom. The van der Waals surface area contributed by atoms with E-state index in [-0.39, 0.29) is 6.01 Å². The molecule has 0 amide bonds. The van der Waals surface area contributed by atoms with Gasteiger partial charge in [-0.25, -0.2) is 4.79 Å². The fraction of sp³-hybridized carbons (Fsp3) is 0.100. The van der Waals surface area contributed by atoms with Gasteiger partial charge in [-0.05, 0) is 12.1 Å². The highest BCUT2D eigenvalue weighted by molar-refractivity contribution is 5.30. The Morgan fingerprint density at radius 2 is 2.00 bits per heavy atom. The molecule has 0 atom stereocenters. The third-order valence-corrected chi connectivity index (χ3v) is 1.90. The molecule has 2 rings (SSSR count). The van der Waals surface area contributed by atoms with E-state index in [4.69, 9.17) is 4.74 Å². The van der Waals surface area contributed by atoms with Crippen molar-refractivity contribution in [3.63, 3.8) is 0 Å². The molecule has 0 N–H and O–H groups in total. The minimum Gasteiger partial charge on any atom is -0.467 e. The summed E-state index contributed by atoms with van der Waals surface area (Å²) in [6.45, 7) is 0. The molecule has 0 aliphatic rings. The van der Waals surface area contributed by atoms with E-state index in [0.29, 0.717) is 0 Å². The maximum Gasteiger partial charge on any atom is 0.358 e. The number of para-hydroxylation sites is 1. The van der Waals surface area contributed by atoms with Gasteiger partial charge in [0.15, 0.2) is 0 Å². The zero-order valence-corrected chi connectivity index (χ0v) is 8.12. The lowest BCUT2D eigenvalue weighted by molar-refractivity contribution is 0.374. The molecule has 5 heteroatoms. The molecule has 1 aromatic carbocycles. The van der Waals surface area contributed by atoms with Crippen molar-refractivity contribution in [2.75, 3.05) is 7.11 Å². The number of hydrogen-bond acceptors (Lipinski definition) is 4. The molecule has 0 unspecified atom stereocenters. The van der Waals surface area contributed by atoms with Crippen LogP contribution < -0.4 is 10.4 Å². The van der Waals surface area contributed by atoms with E-state index in [0.717, 1.165) is 5.69 Å². The third-order valence-electron chi connectivity index (χ3n) is 1.90. The smallest absolute Gasteiger partial charge is 0.358 e. The highest BCUT2D eigenvalue weighted by Gasteiger charge is 2.02. The molecule has 0 radical (unpaired) electrons. The van der Waals surface area contributed by atoms with E-state index < -0.39 is 5.69 Å². The SMILES string of the molecule is COc1ncn(-c2ccccc2)c(=O)n1. The summed E-state index contributed by atoms with van der Waals surface area (Å²) in [6.07, 6.45) is 1.39. The third kappa shape index (κ3) is 1.85. The second-order valence-electron chi connectivity index (χ2n) is 2.83. The van der Waals surface area contributed by atoms with Crippen LogP contribution in [0.5, 0.6) is 6.01 Å². The monoisotopic (exact) mass is 203 g/mol. The van der Waals surface area contributed by atoms with Gasteiger partial charge in [-0.15, -0.1) is 4.98 Å². The second kappa shape index (κ2) is 3.91. The first kappa shape index (κ1) is 9.39. The molecule has 76 valence electrons. The van der Waals surface area contributed by atoms with Gasteiger partial charge < -0.3 is 4.74 Å². The molecule has 5 nitrogen and oxygen atoms in total. The number of benzene rings is 1. The number of rotatable bonds is 2. The predicted octanol–water partition coefficient (Wildman–Crippen LogP) is 0.636. The van der Waals surface area contributed by atoms with Crippen LogP contribution in [0, 0.1) is 0 Å². The van der Waals surface area contributed by atoms with E-state index >= 15 is 0 Å². The van der Waals surface area contributed by atoms with Gasteiger partial charge in [0.1, 0.15) is 6.33 Å². The zero-order chi connectivity index (χ0) is 10.7. The molecule has 0 aliphatic heterocycles. The summed E-state index contributed by atoms with van der Waals surface area (Å²) in [5.74, 6) is 0. The molecule has 0 spiro atoms. The van der Waals surface area contributed by atoms with Gasteiger partial charge in [0, 0.05) is 0 Å². The molecule has 1 heterocycles. The quantitative estimate of drug-likeness (QED) is 0.718. The minimum absolute atomic E-state index is 0.0761. The Bertz CT molecular complexity index is 508. The first-order valence-corrected chi connectivity index (χ1v) is 4.36. The van der Waals surface area contributed by atoms with Crippen molar-refractivity contribution in [3.05, 3.63) is 47.1 Å². The second-order valence-corrected chi connectivity index (χ2v) is 2.83. The number of aromatic nitrogens is 3. The summed E-state index contributed by atoms with van der Waals surface area (Å²) in [7, 11) is 1.42. The van der Waals surface area contributed by atoms with Crippen LogP contribution in [0.25, 0.3) is 5.69 Å². The van der Waals surface area contributed by atoms with E-state index in [9.17, 15) is 4.79 Å². The maximum atomic E-state index is 11.5. The molecular formula is C10H9N3O2. The van der Waals surface area contributed by atoms with Crippen LogP contribution >= 0.6 is 0 Å². The molecular weight excluding hydrogens is 194 g/mol. The lowest BCUT2D eigenvalue weighted by Gasteiger charge is -2.03. The van der Waals surface area contributed by atoms with Crippen molar-refractivity contribution >= 4 is 0 Å². The summed E-state index contributed by atoms with van der Waals surface area (Å²) < 4.78 is 6.10. The first-order chi connectivity index (χ1) is 7.31. The topological polar surface area (TPSA) is 57.0 Å². The van der Waals surface area contributed by atoms with Crippen molar-refractivity contribution < 1.29 is 4.74 Å². The fourth-order valence-corrected chi connectivity index (χ4v) is 1.19. The lowest BCUT2D eigenvalue weighted by atomic mass is 10.3. The average Bonchev–Trinajstić information content (AvgIpc) is 2.30.